The van der Waals surface area contributed by atoms with Crippen molar-refractivity contribution in [2.24, 2.45) is 0 Å². The molecule has 0 saturated heterocycles. The van der Waals surface area contributed by atoms with Gasteiger partial charge in [0.25, 0.3) is 0 Å². The summed E-state index contributed by atoms with van der Waals surface area (Å²) in [5, 5.41) is 15.1. The Bertz CT molecular complexity index is 7350. The highest BCUT2D eigenvalue weighted by molar-refractivity contribution is 6.17. The molecule has 0 bridgehead atoms. The number of benzene rings is 17. The highest BCUT2D eigenvalue weighted by Crippen LogP contribution is 2.49. The number of hydrogen-bond donors (Lipinski definition) is 0. The topological polar surface area (TPSA) is 32.8 Å². The van der Waals surface area contributed by atoms with Gasteiger partial charge in [-0.1, -0.05) is 224 Å². The second-order valence-corrected chi connectivity index (χ2v) is 29.5. The second-order valence-electron chi connectivity index (χ2n) is 29.5. The zero-order valence-corrected chi connectivity index (χ0v) is 60.5. The Balaban J connectivity index is 0.000000139. The third-order valence-corrected chi connectivity index (χ3v) is 23.6. The van der Waals surface area contributed by atoms with Crippen LogP contribution < -0.4 is 4.90 Å². The molecular formula is C104H69N7. The molecule has 6 aromatic heterocycles. The molecule has 7 heteroatoms. The number of nitrogens with zero attached hydrogens (tertiary/aromatic N) is 7. The zero-order valence-electron chi connectivity index (χ0n) is 60.5. The first-order valence-corrected chi connectivity index (χ1v) is 38.4. The summed E-state index contributed by atoms with van der Waals surface area (Å²) in [4.78, 5) is 2.49. The van der Waals surface area contributed by atoms with Crippen LogP contribution in [0.2, 0.25) is 0 Å². The van der Waals surface area contributed by atoms with E-state index >= 15 is 0 Å². The Labute approximate surface area is 639 Å². The molecule has 0 amide bonds. The molecule has 24 rings (SSSR count). The van der Waals surface area contributed by atoms with Gasteiger partial charge < -0.3 is 32.3 Å². The van der Waals surface area contributed by atoms with Gasteiger partial charge in [0.15, 0.2) is 0 Å². The van der Waals surface area contributed by atoms with Crippen LogP contribution in [0.15, 0.2) is 400 Å². The molecule has 1 atom stereocenters. The fraction of sp³-hybridized carbons (Fsp3) is 0.0192. The first-order valence-electron chi connectivity index (χ1n) is 38.4. The van der Waals surface area contributed by atoms with Crippen LogP contribution in [0.3, 0.4) is 0 Å². The number of para-hydroxylation sites is 11. The van der Waals surface area contributed by atoms with Gasteiger partial charge in [0.05, 0.1) is 61.2 Å². The molecule has 0 saturated carbocycles. The molecule has 520 valence electrons. The molecule has 0 spiro atoms. The van der Waals surface area contributed by atoms with Crippen LogP contribution in [-0.2, 0) is 0 Å². The van der Waals surface area contributed by atoms with E-state index in [1.54, 1.807) is 0 Å². The average Bonchev–Trinajstić information content (AvgIpc) is 1.58. The molecule has 0 N–H and O–H groups in total. The van der Waals surface area contributed by atoms with Crippen LogP contribution in [0.4, 0.5) is 11.4 Å². The SMILES string of the molecule is c1ccc(-n2c3ccccc3c3cc(-n4c5ccccc5c5cc(-c6ccc7c(c6)c6ccccc6n7-c6ccc7c(c6)c6ccccc6n7-c6ccccc6)ccc54)ccc32)cc1.c1ccc(N2CC(n3c4ccccc4c4ccccc43)c3cc(-c4ccc5c(c4)c4ccccc4n5-c4ccccc4)ccc32)cc1. The van der Waals surface area contributed by atoms with Crippen LogP contribution >= 0.6 is 0 Å². The molecule has 111 heavy (non-hydrogen) atoms. The summed E-state index contributed by atoms with van der Waals surface area (Å²) in [6, 6.07) is 147. The minimum atomic E-state index is 0.152. The van der Waals surface area contributed by atoms with Crippen LogP contribution in [-0.4, -0.2) is 33.9 Å². The summed E-state index contributed by atoms with van der Waals surface area (Å²) in [7, 11) is 0. The van der Waals surface area contributed by atoms with Gasteiger partial charge in [-0.25, -0.2) is 0 Å². The number of rotatable bonds is 9. The molecule has 1 aliphatic heterocycles. The van der Waals surface area contributed by atoms with Crippen LogP contribution in [0.5, 0.6) is 0 Å². The lowest BCUT2D eigenvalue weighted by molar-refractivity contribution is 0.661. The lowest BCUT2D eigenvalue weighted by Crippen LogP contribution is -2.19. The molecule has 0 radical (unpaired) electrons. The van der Waals surface area contributed by atoms with Crippen molar-refractivity contribution in [3.05, 3.63) is 406 Å². The fourth-order valence-corrected chi connectivity index (χ4v) is 18.8. The monoisotopic (exact) mass is 1420 g/mol. The highest BCUT2D eigenvalue weighted by Gasteiger charge is 2.34. The Hall–Kier alpha value is -14.7. The minimum Gasteiger partial charge on any atom is -0.339 e. The first kappa shape index (κ1) is 62.5. The van der Waals surface area contributed by atoms with Gasteiger partial charge in [0.2, 0.25) is 0 Å². The van der Waals surface area contributed by atoms with Crippen LogP contribution in [0.1, 0.15) is 11.6 Å². The molecule has 0 fully saturated rings. The standard InChI is InChI=1S/C60H38N4.C44H31N3/c1-3-15-41(16-4-1)61-53-23-11-9-21-47(53)51-37-43(29-33-59(51)61)63-55-25-13-7-19-45(55)49-35-39(27-31-57(49)63)40-28-32-58-50(36-40)46-20-8-14-26-56(46)64(58)44-30-34-60-52(38-44)48-22-10-12-24-54(48)62(60)42-17-5-2-6-18-42;1-3-13-32(14-4-1)45-29-44(47-41-21-11-7-17-34(41)35-18-8-12-22-42(35)47)38-28-31(23-25-39(38)45)30-24-26-43-37(27-30)36-19-9-10-20-40(36)46(43)33-15-5-2-6-16-33/h1-38H;1-28,44H,29H2. The average molecular weight is 1420 g/mol. The third kappa shape index (κ3) is 9.72. The molecule has 17 aromatic carbocycles. The summed E-state index contributed by atoms with van der Waals surface area (Å²) in [5.74, 6) is 0. The van der Waals surface area contributed by atoms with Crippen molar-refractivity contribution in [2.75, 3.05) is 11.4 Å². The Morgan fingerprint density at radius 2 is 0.414 bits per heavy atom. The van der Waals surface area contributed by atoms with E-state index in [0.717, 1.165) is 17.9 Å². The van der Waals surface area contributed by atoms with Gasteiger partial charge in [-0.3, -0.25) is 0 Å². The minimum absolute atomic E-state index is 0.152. The zero-order chi connectivity index (χ0) is 72.8. The summed E-state index contributed by atoms with van der Waals surface area (Å²) >= 11 is 0. The van der Waals surface area contributed by atoms with Crippen molar-refractivity contribution in [1.82, 2.24) is 27.4 Å². The predicted octanol–water partition coefficient (Wildman–Crippen LogP) is 27.0. The van der Waals surface area contributed by atoms with Crippen molar-refractivity contribution >= 4 is 142 Å². The number of aromatic nitrogens is 6. The van der Waals surface area contributed by atoms with E-state index in [0.29, 0.717) is 0 Å². The van der Waals surface area contributed by atoms with Crippen LogP contribution in [0.25, 0.3) is 182 Å². The maximum Gasteiger partial charge on any atom is 0.0791 e. The van der Waals surface area contributed by atoms with Gasteiger partial charge in [-0.15, -0.1) is 0 Å². The Morgan fingerprint density at radius 3 is 0.757 bits per heavy atom. The number of fused-ring (bicyclic) bond motifs is 19. The number of hydrogen-bond acceptors (Lipinski definition) is 1. The maximum absolute atomic E-state index is 2.58. The predicted molar refractivity (Wildman–Crippen MR) is 466 cm³/mol. The summed E-state index contributed by atoms with van der Waals surface area (Å²) < 4.78 is 14.6. The number of anilines is 2. The van der Waals surface area contributed by atoms with E-state index in [2.05, 4.69) is 433 Å². The lowest BCUT2D eigenvalue weighted by atomic mass is 9.98. The molecular weight excluding hydrogens is 1350 g/mol. The van der Waals surface area contributed by atoms with Crippen molar-refractivity contribution in [1.29, 1.82) is 0 Å². The largest absolute Gasteiger partial charge is 0.339 e. The summed E-state index contributed by atoms with van der Waals surface area (Å²) in [6.07, 6.45) is 0. The Morgan fingerprint density at radius 1 is 0.171 bits per heavy atom. The molecule has 1 aliphatic rings. The molecule has 7 heterocycles. The molecule has 23 aromatic rings. The molecule has 7 nitrogen and oxygen atoms in total. The van der Waals surface area contributed by atoms with Gasteiger partial charge in [-0.05, 0) is 198 Å². The Kier molecular flexibility index (Phi) is 14.1. The third-order valence-electron chi connectivity index (χ3n) is 23.6. The molecule has 1 unspecified atom stereocenters. The van der Waals surface area contributed by atoms with E-state index < -0.39 is 0 Å². The van der Waals surface area contributed by atoms with E-state index in [1.165, 1.54) is 187 Å². The van der Waals surface area contributed by atoms with E-state index in [-0.39, 0.29) is 6.04 Å². The maximum atomic E-state index is 2.58. The van der Waals surface area contributed by atoms with Gasteiger partial charge in [0, 0.05) is 128 Å². The first-order chi connectivity index (χ1) is 55.1. The van der Waals surface area contributed by atoms with E-state index in [4.69, 9.17) is 0 Å². The quantitative estimate of drug-likeness (QED) is 0.142. The van der Waals surface area contributed by atoms with Crippen LogP contribution in [0, 0.1) is 0 Å². The van der Waals surface area contributed by atoms with Crippen molar-refractivity contribution in [3.8, 4) is 50.7 Å². The normalized spacial score (nSPS) is 13.1. The lowest BCUT2D eigenvalue weighted by Gasteiger charge is -2.21. The van der Waals surface area contributed by atoms with Crippen molar-refractivity contribution in [2.45, 2.75) is 6.04 Å². The molecule has 0 aliphatic carbocycles. The van der Waals surface area contributed by atoms with E-state index in [1.807, 2.05) is 0 Å². The second kappa shape index (κ2) is 25.0. The van der Waals surface area contributed by atoms with Gasteiger partial charge in [0.1, 0.15) is 0 Å². The van der Waals surface area contributed by atoms with Crippen molar-refractivity contribution < 1.29 is 0 Å². The van der Waals surface area contributed by atoms with E-state index in [9.17, 15) is 0 Å². The van der Waals surface area contributed by atoms with Gasteiger partial charge >= 0.3 is 0 Å². The fourth-order valence-electron chi connectivity index (χ4n) is 18.8. The smallest absolute Gasteiger partial charge is 0.0791 e. The van der Waals surface area contributed by atoms with Crippen molar-refractivity contribution in [3.63, 3.8) is 0 Å². The summed E-state index contributed by atoms with van der Waals surface area (Å²) in [6.45, 7) is 0.870. The highest BCUT2D eigenvalue weighted by atomic mass is 15.2. The van der Waals surface area contributed by atoms with Gasteiger partial charge in [-0.2, -0.15) is 0 Å². The summed E-state index contributed by atoms with van der Waals surface area (Å²) in [5.41, 5.74) is 29.1.